The summed E-state index contributed by atoms with van der Waals surface area (Å²) in [6, 6.07) is 0. The molecule has 1 unspecified atom stereocenters. The van der Waals surface area contributed by atoms with Crippen molar-refractivity contribution >= 4 is 17.7 Å². The zero-order valence-corrected chi connectivity index (χ0v) is 7.28. The Hall–Kier alpha value is -0.180. The lowest BCUT2D eigenvalue weighted by Crippen LogP contribution is -2.38. The zero-order valence-electron chi connectivity index (χ0n) is 6.46. The molecule has 0 aromatic heterocycles. The third-order valence-corrected chi connectivity index (χ3v) is 2.97. The van der Waals surface area contributed by atoms with Gasteiger partial charge in [0.25, 0.3) is 0 Å². The number of thioether (sulfide) groups is 1. The molecule has 1 aliphatic rings. The highest BCUT2D eigenvalue weighted by Gasteiger charge is 2.21. The van der Waals surface area contributed by atoms with Crippen LogP contribution in [0.3, 0.4) is 0 Å². The number of piperidine rings is 1. The third kappa shape index (κ3) is 1.66. The van der Waals surface area contributed by atoms with Crippen molar-refractivity contribution in [1.29, 1.82) is 0 Å². The molecule has 0 aromatic carbocycles. The van der Waals surface area contributed by atoms with E-state index < -0.39 is 0 Å². The van der Waals surface area contributed by atoms with Gasteiger partial charge < -0.3 is 4.90 Å². The fourth-order valence-corrected chi connectivity index (χ4v) is 1.89. The molecule has 0 radical (unpaired) electrons. The monoisotopic (exact) mass is 159 g/mol. The maximum Gasteiger partial charge on any atom is 0.222 e. The zero-order chi connectivity index (χ0) is 7.56. The molecule has 2 nitrogen and oxygen atoms in total. The quantitative estimate of drug-likeness (QED) is 0.568. The first-order valence-electron chi connectivity index (χ1n) is 3.51. The Kier molecular flexibility index (Phi) is 2.60. The number of nitrogens with zero attached hydrogens (tertiary/aromatic N) is 1. The van der Waals surface area contributed by atoms with Crippen molar-refractivity contribution in [2.24, 2.45) is 0 Å². The molecule has 0 aliphatic carbocycles. The van der Waals surface area contributed by atoms with Crippen molar-refractivity contribution < 1.29 is 4.79 Å². The Morgan fingerprint density at radius 3 is 2.90 bits per heavy atom. The molecule has 1 rings (SSSR count). The maximum atomic E-state index is 11.0. The van der Waals surface area contributed by atoms with E-state index in [2.05, 4.69) is 6.26 Å². The molecular weight excluding hydrogens is 146 g/mol. The Labute approximate surface area is 66.0 Å². The highest BCUT2D eigenvalue weighted by molar-refractivity contribution is 7.99. The summed E-state index contributed by atoms with van der Waals surface area (Å²) in [5, 5.41) is 0.669. The van der Waals surface area contributed by atoms with Crippen LogP contribution >= 0.6 is 11.8 Å². The molecule has 1 aliphatic heterocycles. The summed E-state index contributed by atoms with van der Waals surface area (Å²) in [7, 11) is 1.88. The van der Waals surface area contributed by atoms with Gasteiger partial charge in [0, 0.05) is 25.3 Å². The van der Waals surface area contributed by atoms with Crippen LogP contribution < -0.4 is 0 Å². The Morgan fingerprint density at radius 2 is 2.40 bits per heavy atom. The number of rotatable bonds is 1. The van der Waals surface area contributed by atoms with E-state index in [-0.39, 0.29) is 0 Å². The molecule has 0 spiro atoms. The summed E-state index contributed by atoms with van der Waals surface area (Å²) in [4.78, 5) is 12.8. The topological polar surface area (TPSA) is 20.3 Å². The van der Waals surface area contributed by atoms with Gasteiger partial charge in [0.15, 0.2) is 0 Å². The van der Waals surface area contributed by atoms with Crippen LogP contribution in [-0.4, -0.2) is 35.9 Å². The van der Waals surface area contributed by atoms with E-state index in [0.717, 1.165) is 19.4 Å². The van der Waals surface area contributed by atoms with Gasteiger partial charge >= 0.3 is 0 Å². The van der Waals surface area contributed by atoms with Crippen LogP contribution in [0.4, 0.5) is 0 Å². The Balaban J connectivity index is 2.40. The van der Waals surface area contributed by atoms with E-state index in [1.54, 1.807) is 0 Å². The van der Waals surface area contributed by atoms with E-state index in [0.29, 0.717) is 11.2 Å². The molecule has 1 saturated heterocycles. The molecule has 3 heteroatoms. The first-order valence-corrected chi connectivity index (χ1v) is 4.79. The van der Waals surface area contributed by atoms with Gasteiger partial charge in [-0.05, 0) is 12.7 Å². The van der Waals surface area contributed by atoms with Gasteiger partial charge in [0.2, 0.25) is 5.91 Å². The lowest BCUT2D eigenvalue weighted by molar-refractivity contribution is -0.131. The lowest BCUT2D eigenvalue weighted by Gasteiger charge is -2.28. The van der Waals surface area contributed by atoms with Crippen LogP contribution in [0.1, 0.15) is 12.8 Å². The van der Waals surface area contributed by atoms with Gasteiger partial charge in [0.1, 0.15) is 0 Å². The predicted molar refractivity (Wildman–Crippen MR) is 44.2 cm³/mol. The maximum absolute atomic E-state index is 11.0. The highest BCUT2D eigenvalue weighted by Crippen LogP contribution is 2.19. The van der Waals surface area contributed by atoms with Crippen LogP contribution in [-0.2, 0) is 4.79 Å². The molecule has 10 heavy (non-hydrogen) atoms. The van der Waals surface area contributed by atoms with Crippen molar-refractivity contribution in [2.45, 2.75) is 18.1 Å². The second-order valence-corrected chi connectivity index (χ2v) is 3.81. The van der Waals surface area contributed by atoms with E-state index in [1.807, 2.05) is 23.7 Å². The fourth-order valence-electron chi connectivity index (χ4n) is 1.17. The molecule has 0 bridgehead atoms. The van der Waals surface area contributed by atoms with E-state index >= 15 is 0 Å². The van der Waals surface area contributed by atoms with Crippen molar-refractivity contribution in [3.63, 3.8) is 0 Å². The number of hydrogen-bond acceptors (Lipinski definition) is 2. The molecule has 0 N–H and O–H groups in total. The minimum atomic E-state index is 0.297. The van der Waals surface area contributed by atoms with Gasteiger partial charge in [-0.2, -0.15) is 11.8 Å². The standard InChI is InChI=1S/C7H13NOS/c1-8-5-6(10-2)3-4-7(8)9/h6H,3-5H2,1-2H3. The first-order chi connectivity index (χ1) is 4.74. The van der Waals surface area contributed by atoms with Crippen molar-refractivity contribution in [1.82, 2.24) is 4.90 Å². The second kappa shape index (κ2) is 3.28. The summed E-state index contributed by atoms with van der Waals surface area (Å²) in [5.41, 5.74) is 0. The average molecular weight is 159 g/mol. The summed E-state index contributed by atoms with van der Waals surface area (Å²) >= 11 is 1.86. The summed E-state index contributed by atoms with van der Waals surface area (Å²) < 4.78 is 0. The number of likely N-dealkylation sites (tertiary alicyclic amines) is 1. The van der Waals surface area contributed by atoms with Crippen molar-refractivity contribution in [3.05, 3.63) is 0 Å². The summed E-state index contributed by atoms with van der Waals surface area (Å²) in [6.07, 6.45) is 3.90. The molecule has 1 amide bonds. The largest absolute Gasteiger partial charge is 0.345 e. The molecule has 0 aromatic rings. The van der Waals surface area contributed by atoms with Gasteiger partial charge in [-0.15, -0.1) is 0 Å². The summed E-state index contributed by atoms with van der Waals surface area (Å²) in [6.45, 7) is 0.931. The van der Waals surface area contributed by atoms with Gasteiger partial charge in [-0.3, -0.25) is 4.79 Å². The molecule has 1 atom stereocenters. The Morgan fingerprint density at radius 1 is 1.70 bits per heavy atom. The average Bonchev–Trinajstić information content (AvgIpc) is 1.95. The van der Waals surface area contributed by atoms with Crippen molar-refractivity contribution in [3.8, 4) is 0 Å². The SMILES string of the molecule is CSC1CCC(=O)N(C)C1. The van der Waals surface area contributed by atoms with Gasteiger partial charge in [-0.1, -0.05) is 0 Å². The smallest absolute Gasteiger partial charge is 0.222 e. The normalized spacial score (nSPS) is 27.2. The number of carbonyl (C=O) groups excluding carboxylic acids is 1. The fraction of sp³-hybridized carbons (Fsp3) is 0.857. The van der Waals surface area contributed by atoms with E-state index in [1.165, 1.54) is 0 Å². The molecule has 0 saturated carbocycles. The Bertz CT molecular complexity index is 138. The van der Waals surface area contributed by atoms with Crippen LogP contribution in [0.2, 0.25) is 0 Å². The minimum Gasteiger partial charge on any atom is -0.345 e. The second-order valence-electron chi connectivity index (χ2n) is 2.67. The molecule has 1 fully saturated rings. The van der Waals surface area contributed by atoms with Crippen LogP contribution in [0.5, 0.6) is 0 Å². The summed E-state index contributed by atoms with van der Waals surface area (Å²) in [5.74, 6) is 0.297. The van der Waals surface area contributed by atoms with Crippen molar-refractivity contribution in [2.75, 3.05) is 19.8 Å². The van der Waals surface area contributed by atoms with Gasteiger partial charge in [0.05, 0.1) is 0 Å². The molecular formula is C7H13NOS. The molecule has 1 heterocycles. The van der Waals surface area contributed by atoms with Crippen LogP contribution in [0, 0.1) is 0 Å². The predicted octanol–water partition coefficient (Wildman–Crippen LogP) is 0.970. The van der Waals surface area contributed by atoms with Crippen LogP contribution in [0.25, 0.3) is 0 Å². The van der Waals surface area contributed by atoms with Gasteiger partial charge in [-0.25, -0.2) is 0 Å². The van der Waals surface area contributed by atoms with Crippen LogP contribution in [0.15, 0.2) is 0 Å². The lowest BCUT2D eigenvalue weighted by atomic mass is 10.1. The van der Waals surface area contributed by atoms with E-state index in [4.69, 9.17) is 0 Å². The third-order valence-electron chi connectivity index (χ3n) is 1.92. The molecule has 58 valence electrons. The van der Waals surface area contributed by atoms with E-state index in [9.17, 15) is 4.79 Å². The first kappa shape index (κ1) is 7.92. The number of hydrogen-bond donors (Lipinski definition) is 0. The minimum absolute atomic E-state index is 0.297. The number of amides is 1. The highest BCUT2D eigenvalue weighted by atomic mass is 32.2. The number of carbonyl (C=O) groups is 1.